The molecule has 0 bridgehead atoms. The molecule has 0 fully saturated rings. The van der Waals surface area contributed by atoms with Crippen molar-refractivity contribution in [2.45, 2.75) is 20.3 Å². The lowest BCUT2D eigenvalue weighted by Crippen LogP contribution is -2.00. The summed E-state index contributed by atoms with van der Waals surface area (Å²) >= 11 is 6.73. The Bertz CT molecular complexity index is 78.6. The molecule has 0 aliphatic rings. The van der Waals surface area contributed by atoms with Crippen LogP contribution in [0.2, 0.25) is 0 Å². The van der Waals surface area contributed by atoms with E-state index in [1.54, 1.807) is 11.8 Å². The van der Waals surface area contributed by atoms with E-state index in [-0.39, 0.29) is 0 Å². The van der Waals surface area contributed by atoms with Gasteiger partial charge in [0.1, 0.15) is 0 Å². The maximum atomic E-state index is 5.04. The minimum atomic E-state index is 0.611. The Balaban J connectivity index is 3.46. The standard InChI is InChI=1S/C6H12S2/c1-4-5(2)6(7)8-3/h5H,4H2,1-3H3. The van der Waals surface area contributed by atoms with Crippen molar-refractivity contribution in [3.63, 3.8) is 0 Å². The Morgan fingerprint density at radius 1 is 1.75 bits per heavy atom. The van der Waals surface area contributed by atoms with Crippen molar-refractivity contribution >= 4 is 28.2 Å². The van der Waals surface area contributed by atoms with Crippen LogP contribution in [-0.4, -0.2) is 10.5 Å². The summed E-state index contributed by atoms with van der Waals surface area (Å²) in [5, 5.41) is 0. The summed E-state index contributed by atoms with van der Waals surface area (Å²) in [7, 11) is 0. The molecular weight excluding hydrogens is 136 g/mol. The topological polar surface area (TPSA) is 0 Å². The molecule has 0 saturated carbocycles. The van der Waals surface area contributed by atoms with Gasteiger partial charge in [0, 0.05) is 0 Å². The molecule has 0 heterocycles. The van der Waals surface area contributed by atoms with Gasteiger partial charge in [0.05, 0.1) is 4.20 Å². The molecule has 8 heavy (non-hydrogen) atoms. The van der Waals surface area contributed by atoms with E-state index in [2.05, 4.69) is 13.8 Å². The van der Waals surface area contributed by atoms with Crippen LogP contribution >= 0.6 is 24.0 Å². The van der Waals surface area contributed by atoms with E-state index in [4.69, 9.17) is 12.2 Å². The first-order chi connectivity index (χ1) is 3.72. The molecule has 0 nitrogen and oxygen atoms in total. The van der Waals surface area contributed by atoms with Crippen LogP contribution in [0.5, 0.6) is 0 Å². The maximum absolute atomic E-state index is 5.04. The SMILES string of the molecule is CCC(C)C(=S)SC. The van der Waals surface area contributed by atoms with E-state index >= 15 is 0 Å². The van der Waals surface area contributed by atoms with Crippen LogP contribution < -0.4 is 0 Å². The summed E-state index contributed by atoms with van der Waals surface area (Å²) in [6.07, 6.45) is 3.20. The minimum absolute atomic E-state index is 0.611. The number of hydrogen-bond acceptors (Lipinski definition) is 2. The minimum Gasteiger partial charge on any atom is -0.122 e. The summed E-state index contributed by atoms with van der Waals surface area (Å²) in [4.78, 5) is 0. The highest BCUT2D eigenvalue weighted by atomic mass is 32.2. The summed E-state index contributed by atoms with van der Waals surface area (Å²) in [6.45, 7) is 4.33. The van der Waals surface area contributed by atoms with Gasteiger partial charge in [-0.1, -0.05) is 26.1 Å². The van der Waals surface area contributed by atoms with Gasteiger partial charge >= 0.3 is 0 Å². The molecule has 0 radical (unpaired) electrons. The lowest BCUT2D eigenvalue weighted by molar-refractivity contribution is 0.759. The summed E-state index contributed by atoms with van der Waals surface area (Å²) in [5.74, 6) is 0.611. The molecule has 0 aliphatic carbocycles. The Morgan fingerprint density at radius 2 is 2.25 bits per heavy atom. The number of thiocarbonyl (C=S) groups is 1. The van der Waals surface area contributed by atoms with E-state index in [0.717, 1.165) is 4.20 Å². The average molecular weight is 148 g/mol. The van der Waals surface area contributed by atoms with Crippen molar-refractivity contribution in [2.24, 2.45) is 5.92 Å². The molecule has 0 N–H and O–H groups in total. The van der Waals surface area contributed by atoms with Gasteiger partial charge in [0.25, 0.3) is 0 Å². The first kappa shape index (κ1) is 8.44. The molecular formula is C6H12S2. The number of hydrogen-bond donors (Lipinski definition) is 0. The van der Waals surface area contributed by atoms with Crippen LogP contribution in [-0.2, 0) is 0 Å². The Hall–Kier alpha value is 0.440. The van der Waals surface area contributed by atoms with Gasteiger partial charge in [-0.15, -0.1) is 11.8 Å². The highest BCUT2D eigenvalue weighted by Crippen LogP contribution is 2.12. The van der Waals surface area contributed by atoms with Crippen molar-refractivity contribution < 1.29 is 0 Å². The van der Waals surface area contributed by atoms with Crippen molar-refractivity contribution in [3.05, 3.63) is 0 Å². The van der Waals surface area contributed by atoms with Gasteiger partial charge in [-0.3, -0.25) is 0 Å². The van der Waals surface area contributed by atoms with E-state index in [9.17, 15) is 0 Å². The predicted octanol–water partition coefficient (Wildman–Crippen LogP) is 2.72. The Kier molecular flexibility index (Phi) is 4.57. The third-order valence-electron chi connectivity index (χ3n) is 1.22. The monoisotopic (exact) mass is 148 g/mol. The third kappa shape index (κ3) is 2.68. The first-order valence-corrected chi connectivity index (χ1v) is 4.43. The summed E-state index contributed by atoms with van der Waals surface area (Å²) in [5.41, 5.74) is 0. The van der Waals surface area contributed by atoms with Gasteiger partial charge in [0.15, 0.2) is 0 Å². The van der Waals surface area contributed by atoms with E-state index < -0.39 is 0 Å². The second-order valence-electron chi connectivity index (χ2n) is 1.83. The zero-order valence-electron chi connectivity index (χ0n) is 5.60. The molecule has 0 saturated heterocycles. The third-order valence-corrected chi connectivity index (χ3v) is 2.92. The van der Waals surface area contributed by atoms with Gasteiger partial charge in [0.2, 0.25) is 0 Å². The summed E-state index contributed by atoms with van der Waals surface area (Å²) < 4.78 is 1.13. The van der Waals surface area contributed by atoms with Crippen molar-refractivity contribution in [3.8, 4) is 0 Å². The largest absolute Gasteiger partial charge is 0.122 e. The van der Waals surface area contributed by atoms with Gasteiger partial charge in [-0.25, -0.2) is 0 Å². The lowest BCUT2D eigenvalue weighted by Gasteiger charge is -2.05. The zero-order chi connectivity index (χ0) is 6.57. The normalized spacial score (nSPS) is 13.4. The molecule has 0 aromatic carbocycles. The van der Waals surface area contributed by atoms with Gasteiger partial charge in [-0.2, -0.15) is 0 Å². The van der Waals surface area contributed by atoms with E-state index in [1.165, 1.54) is 6.42 Å². The van der Waals surface area contributed by atoms with Crippen LogP contribution in [0.25, 0.3) is 0 Å². The second-order valence-corrected chi connectivity index (χ2v) is 3.38. The fourth-order valence-electron chi connectivity index (χ4n) is 0.368. The Labute approximate surface area is 61.0 Å². The van der Waals surface area contributed by atoms with Gasteiger partial charge < -0.3 is 0 Å². The fraction of sp³-hybridized carbons (Fsp3) is 0.833. The van der Waals surface area contributed by atoms with Crippen molar-refractivity contribution in [1.29, 1.82) is 0 Å². The summed E-state index contributed by atoms with van der Waals surface area (Å²) in [6, 6.07) is 0. The predicted molar refractivity (Wildman–Crippen MR) is 45.6 cm³/mol. The molecule has 1 atom stereocenters. The molecule has 2 heteroatoms. The maximum Gasteiger partial charge on any atom is 0.0503 e. The first-order valence-electron chi connectivity index (χ1n) is 2.80. The number of rotatable bonds is 2. The van der Waals surface area contributed by atoms with Crippen molar-refractivity contribution in [1.82, 2.24) is 0 Å². The smallest absolute Gasteiger partial charge is 0.0503 e. The average Bonchev–Trinajstić information content (AvgIpc) is 1.84. The van der Waals surface area contributed by atoms with Crippen LogP contribution in [0.3, 0.4) is 0 Å². The molecule has 0 aromatic heterocycles. The van der Waals surface area contributed by atoms with Crippen molar-refractivity contribution in [2.75, 3.05) is 6.26 Å². The number of thioether (sulfide) groups is 1. The molecule has 0 spiro atoms. The zero-order valence-corrected chi connectivity index (χ0v) is 7.23. The highest BCUT2D eigenvalue weighted by Gasteiger charge is 2.02. The molecule has 0 aromatic rings. The molecule has 0 aliphatic heterocycles. The quantitative estimate of drug-likeness (QED) is 0.552. The van der Waals surface area contributed by atoms with Crippen LogP contribution in [0, 0.1) is 5.92 Å². The molecule has 48 valence electrons. The van der Waals surface area contributed by atoms with E-state index in [0.29, 0.717) is 5.92 Å². The van der Waals surface area contributed by atoms with Gasteiger partial charge in [-0.05, 0) is 18.6 Å². The second kappa shape index (κ2) is 4.33. The molecule has 1 unspecified atom stereocenters. The molecule has 0 amide bonds. The lowest BCUT2D eigenvalue weighted by atomic mass is 10.2. The Morgan fingerprint density at radius 3 is 2.38 bits per heavy atom. The van der Waals surface area contributed by atoms with Crippen LogP contribution in [0.4, 0.5) is 0 Å². The van der Waals surface area contributed by atoms with Crippen LogP contribution in [0.15, 0.2) is 0 Å². The van der Waals surface area contributed by atoms with Crippen LogP contribution in [0.1, 0.15) is 20.3 Å². The highest BCUT2D eigenvalue weighted by molar-refractivity contribution is 8.22. The fourth-order valence-corrected chi connectivity index (χ4v) is 1.10. The van der Waals surface area contributed by atoms with E-state index in [1.807, 2.05) is 6.26 Å². The molecule has 0 rings (SSSR count).